The lowest BCUT2D eigenvalue weighted by atomic mass is 9.77. The van der Waals surface area contributed by atoms with Gasteiger partial charge in [-0.1, -0.05) is 72.8 Å². The zero-order valence-corrected chi connectivity index (χ0v) is 24.0. The summed E-state index contributed by atoms with van der Waals surface area (Å²) in [5.41, 5.74) is 2.35. The number of amides is 1. The Hall–Kier alpha value is -3.91. The molecule has 0 aliphatic carbocycles. The maximum Gasteiger partial charge on any atom is 0.407 e. The summed E-state index contributed by atoms with van der Waals surface area (Å²) in [6.07, 6.45) is -0.0636. The number of nitrogens with one attached hydrogen (secondary N) is 2. The van der Waals surface area contributed by atoms with Gasteiger partial charge in [-0.3, -0.25) is 4.79 Å². The predicted octanol–water partition coefficient (Wildman–Crippen LogP) is 6.05. The molecule has 3 rings (SSSR count). The first kappa shape index (κ1) is 30.6. The summed E-state index contributed by atoms with van der Waals surface area (Å²) in [5.74, 6) is -1.40. The SMILES string of the molecule is CCOC(=O)[C@](CCCNC(=O)OC(C)(C)C)(Cc1ccccc1)C(=O)ON[C@H](C)c1cccc2ccccc12. The minimum atomic E-state index is -1.63. The lowest BCUT2D eigenvalue weighted by Gasteiger charge is -2.30. The molecule has 0 unspecified atom stereocenters. The molecule has 0 aliphatic heterocycles. The molecule has 1 amide bonds. The largest absolute Gasteiger partial charge is 0.465 e. The van der Waals surface area contributed by atoms with E-state index in [2.05, 4.69) is 10.8 Å². The van der Waals surface area contributed by atoms with Crippen molar-refractivity contribution in [3.63, 3.8) is 0 Å². The zero-order valence-electron chi connectivity index (χ0n) is 24.0. The summed E-state index contributed by atoms with van der Waals surface area (Å²) in [7, 11) is 0. The van der Waals surface area contributed by atoms with Crippen LogP contribution >= 0.6 is 0 Å². The third-order valence-electron chi connectivity index (χ3n) is 6.47. The van der Waals surface area contributed by atoms with Gasteiger partial charge in [0.05, 0.1) is 12.6 Å². The third kappa shape index (κ3) is 8.29. The van der Waals surface area contributed by atoms with Crippen LogP contribution in [0.5, 0.6) is 0 Å². The van der Waals surface area contributed by atoms with E-state index >= 15 is 0 Å². The standard InChI is InChI=1S/C32H40N2O6/c1-6-38-28(35)32(22-24-14-8-7-9-15-24,20-13-21-33-30(37)39-31(3,4)5)29(36)40-34-23(2)26-19-12-17-25-16-10-11-18-27(25)26/h7-12,14-19,23,34H,6,13,20-22H2,1-5H3,(H,33,37)/t23-,32+/m1/s1. The van der Waals surface area contributed by atoms with E-state index in [0.717, 1.165) is 21.9 Å². The Morgan fingerprint density at radius 1 is 0.875 bits per heavy atom. The molecule has 0 radical (unpaired) electrons. The van der Waals surface area contributed by atoms with E-state index in [-0.39, 0.29) is 32.0 Å². The Bertz CT molecular complexity index is 1280. The molecule has 0 heterocycles. The van der Waals surface area contributed by atoms with Gasteiger partial charge < -0.3 is 19.6 Å². The molecule has 40 heavy (non-hydrogen) atoms. The number of hydrogen-bond donors (Lipinski definition) is 2. The van der Waals surface area contributed by atoms with Gasteiger partial charge >= 0.3 is 18.0 Å². The number of hydroxylamine groups is 1. The molecule has 0 aliphatic rings. The fourth-order valence-electron chi connectivity index (χ4n) is 4.56. The lowest BCUT2D eigenvalue weighted by molar-refractivity contribution is -0.179. The van der Waals surface area contributed by atoms with Crippen molar-refractivity contribution in [3.05, 3.63) is 83.9 Å². The second-order valence-electron chi connectivity index (χ2n) is 10.8. The molecule has 8 nitrogen and oxygen atoms in total. The highest BCUT2D eigenvalue weighted by Crippen LogP contribution is 2.33. The second-order valence-corrected chi connectivity index (χ2v) is 10.8. The van der Waals surface area contributed by atoms with Crippen molar-refractivity contribution in [1.29, 1.82) is 0 Å². The zero-order chi connectivity index (χ0) is 29.2. The summed E-state index contributed by atoms with van der Waals surface area (Å²) >= 11 is 0. The van der Waals surface area contributed by atoms with E-state index in [9.17, 15) is 14.4 Å². The Morgan fingerprint density at radius 3 is 2.25 bits per heavy atom. The fourth-order valence-corrected chi connectivity index (χ4v) is 4.56. The Balaban J connectivity index is 1.81. The summed E-state index contributed by atoms with van der Waals surface area (Å²) < 4.78 is 10.7. The van der Waals surface area contributed by atoms with E-state index in [1.807, 2.05) is 79.7 Å². The summed E-state index contributed by atoms with van der Waals surface area (Å²) in [5, 5.41) is 4.80. The van der Waals surface area contributed by atoms with Crippen LogP contribution in [0.2, 0.25) is 0 Å². The first-order chi connectivity index (χ1) is 19.1. The molecule has 8 heteroatoms. The molecule has 3 aromatic carbocycles. The average Bonchev–Trinajstić information content (AvgIpc) is 2.92. The number of ether oxygens (including phenoxy) is 2. The van der Waals surface area contributed by atoms with Crippen LogP contribution in [0.3, 0.4) is 0 Å². The normalized spacial score (nSPS) is 13.6. The van der Waals surface area contributed by atoms with E-state index in [1.54, 1.807) is 27.7 Å². The first-order valence-electron chi connectivity index (χ1n) is 13.7. The van der Waals surface area contributed by atoms with Crippen molar-refractivity contribution in [3.8, 4) is 0 Å². The van der Waals surface area contributed by atoms with Gasteiger partial charge in [0.25, 0.3) is 0 Å². The molecular weight excluding hydrogens is 508 g/mol. The smallest absolute Gasteiger partial charge is 0.407 e. The van der Waals surface area contributed by atoms with E-state index in [4.69, 9.17) is 14.3 Å². The van der Waals surface area contributed by atoms with Crippen molar-refractivity contribution in [2.24, 2.45) is 5.41 Å². The Morgan fingerprint density at radius 2 is 1.55 bits per heavy atom. The Labute approximate surface area is 236 Å². The minimum absolute atomic E-state index is 0.0856. The van der Waals surface area contributed by atoms with Crippen molar-refractivity contribution in [1.82, 2.24) is 10.8 Å². The molecule has 0 aromatic heterocycles. The van der Waals surface area contributed by atoms with Crippen LogP contribution in [-0.4, -0.2) is 36.8 Å². The maximum absolute atomic E-state index is 13.8. The highest BCUT2D eigenvalue weighted by atomic mass is 16.7. The van der Waals surface area contributed by atoms with E-state index < -0.39 is 29.0 Å². The average molecular weight is 549 g/mol. The van der Waals surface area contributed by atoms with Crippen molar-refractivity contribution < 1.29 is 28.7 Å². The molecule has 2 N–H and O–H groups in total. The van der Waals surface area contributed by atoms with Gasteiger partial charge in [0.1, 0.15) is 5.60 Å². The minimum Gasteiger partial charge on any atom is -0.465 e. The van der Waals surface area contributed by atoms with Crippen LogP contribution in [0.25, 0.3) is 10.8 Å². The molecular formula is C32H40N2O6. The molecule has 0 saturated heterocycles. The van der Waals surface area contributed by atoms with E-state index in [1.165, 1.54) is 0 Å². The van der Waals surface area contributed by atoms with Crippen LogP contribution in [0.15, 0.2) is 72.8 Å². The molecule has 2 atom stereocenters. The summed E-state index contributed by atoms with van der Waals surface area (Å²) in [6.45, 7) is 9.24. The maximum atomic E-state index is 13.8. The van der Waals surface area contributed by atoms with Gasteiger partial charge in [0, 0.05) is 6.54 Å². The Kier molecular flexibility index (Phi) is 10.7. The lowest BCUT2D eigenvalue weighted by Crippen LogP contribution is -2.46. The number of fused-ring (bicyclic) bond motifs is 1. The van der Waals surface area contributed by atoms with Crippen LogP contribution in [0.1, 0.15) is 64.6 Å². The van der Waals surface area contributed by atoms with Gasteiger partial charge in [0.2, 0.25) is 0 Å². The molecule has 214 valence electrons. The van der Waals surface area contributed by atoms with Crippen molar-refractivity contribution >= 4 is 28.8 Å². The van der Waals surface area contributed by atoms with Gasteiger partial charge in [0.15, 0.2) is 5.41 Å². The van der Waals surface area contributed by atoms with Gasteiger partial charge in [-0.15, -0.1) is 5.48 Å². The molecule has 0 spiro atoms. The van der Waals surface area contributed by atoms with Gasteiger partial charge in [-0.05, 0) is 75.8 Å². The first-order valence-corrected chi connectivity index (χ1v) is 13.7. The van der Waals surface area contributed by atoms with Crippen LogP contribution in [0.4, 0.5) is 4.79 Å². The monoisotopic (exact) mass is 548 g/mol. The van der Waals surface area contributed by atoms with E-state index in [0.29, 0.717) is 6.42 Å². The third-order valence-corrected chi connectivity index (χ3v) is 6.47. The number of esters is 1. The summed E-state index contributed by atoms with van der Waals surface area (Å²) in [4.78, 5) is 45.0. The van der Waals surface area contributed by atoms with Crippen LogP contribution in [0, 0.1) is 5.41 Å². The number of carbonyl (C=O) groups excluding carboxylic acids is 3. The number of benzene rings is 3. The highest BCUT2D eigenvalue weighted by Gasteiger charge is 2.49. The quantitative estimate of drug-likeness (QED) is 0.0934. The molecule has 0 saturated carbocycles. The topological polar surface area (TPSA) is 103 Å². The van der Waals surface area contributed by atoms with Crippen LogP contribution < -0.4 is 10.8 Å². The van der Waals surface area contributed by atoms with Gasteiger partial charge in [-0.25, -0.2) is 9.59 Å². The van der Waals surface area contributed by atoms with Crippen molar-refractivity contribution in [2.75, 3.05) is 13.2 Å². The second kappa shape index (κ2) is 13.9. The number of alkyl carbamates (subject to hydrolysis) is 1. The van der Waals surface area contributed by atoms with Crippen molar-refractivity contribution in [2.45, 2.75) is 65.5 Å². The van der Waals surface area contributed by atoms with Crippen LogP contribution in [-0.2, 0) is 30.3 Å². The molecule has 0 bridgehead atoms. The number of rotatable bonds is 12. The number of hydrogen-bond acceptors (Lipinski definition) is 7. The fraction of sp³-hybridized carbons (Fsp3) is 0.406. The molecule has 0 fully saturated rings. The number of carbonyl (C=O) groups is 3. The highest BCUT2D eigenvalue weighted by molar-refractivity contribution is 6.00. The molecule has 3 aromatic rings. The van der Waals surface area contributed by atoms with Gasteiger partial charge in [-0.2, -0.15) is 0 Å². The summed E-state index contributed by atoms with van der Waals surface area (Å²) in [6, 6.07) is 22.8. The predicted molar refractivity (Wildman–Crippen MR) is 154 cm³/mol.